The van der Waals surface area contributed by atoms with Crippen LogP contribution in [-0.2, 0) is 0 Å². The highest BCUT2D eigenvalue weighted by atomic mass is 14.8. The van der Waals surface area contributed by atoms with Crippen molar-refractivity contribution in [3.8, 4) is 11.3 Å². The fourth-order valence-electron chi connectivity index (χ4n) is 2.10. The van der Waals surface area contributed by atoms with Crippen LogP contribution in [0.2, 0.25) is 0 Å². The lowest BCUT2D eigenvalue weighted by Gasteiger charge is -2.08. The number of nitrogen functional groups attached to an aromatic ring is 1. The Morgan fingerprint density at radius 3 is 2.68 bits per heavy atom. The largest absolute Gasteiger partial charge is 0.397 e. The third kappa shape index (κ3) is 2.01. The molecule has 0 radical (unpaired) electrons. The van der Waals surface area contributed by atoms with Crippen molar-refractivity contribution in [1.82, 2.24) is 15.0 Å². The van der Waals surface area contributed by atoms with Crippen LogP contribution in [0, 0.1) is 13.8 Å². The zero-order chi connectivity index (χ0) is 13.4. The van der Waals surface area contributed by atoms with Gasteiger partial charge in [-0.05, 0) is 43.7 Å². The van der Waals surface area contributed by atoms with Gasteiger partial charge in [0.05, 0.1) is 16.9 Å². The molecule has 0 unspecified atom stereocenters. The van der Waals surface area contributed by atoms with Crippen molar-refractivity contribution < 1.29 is 0 Å². The molecule has 3 heterocycles. The Morgan fingerprint density at radius 1 is 1.05 bits per heavy atom. The molecule has 0 amide bonds. The second-order valence-electron chi connectivity index (χ2n) is 4.61. The SMILES string of the molecule is Cc1ccc2nc(-c3cnccc3C)cc(N)c2n1. The molecule has 0 aliphatic carbocycles. The minimum atomic E-state index is 0.645. The molecule has 0 bridgehead atoms. The van der Waals surface area contributed by atoms with Crippen LogP contribution in [0.25, 0.3) is 22.3 Å². The molecule has 0 aromatic carbocycles. The van der Waals surface area contributed by atoms with Crippen LogP contribution in [0.15, 0.2) is 36.7 Å². The van der Waals surface area contributed by atoms with Gasteiger partial charge in [-0.15, -0.1) is 0 Å². The molecule has 3 rings (SSSR count). The molecule has 0 aliphatic rings. The Bertz CT molecular complexity index is 765. The molecule has 2 N–H and O–H groups in total. The average molecular weight is 250 g/mol. The number of nitrogens with zero attached hydrogens (tertiary/aromatic N) is 3. The summed E-state index contributed by atoms with van der Waals surface area (Å²) in [6.07, 6.45) is 3.58. The van der Waals surface area contributed by atoms with Gasteiger partial charge in [0.1, 0.15) is 5.52 Å². The van der Waals surface area contributed by atoms with Gasteiger partial charge in [-0.3, -0.25) is 4.98 Å². The summed E-state index contributed by atoms with van der Waals surface area (Å²) in [6.45, 7) is 3.98. The number of hydrogen-bond donors (Lipinski definition) is 1. The predicted molar refractivity (Wildman–Crippen MR) is 76.7 cm³/mol. The number of anilines is 1. The monoisotopic (exact) mass is 250 g/mol. The molecule has 0 saturated carbocycles. The standard InChI is InChI=1S/C15H14N4/c1-9-5-6-17-8-11(9)14-7-12(16)15-13(19-14)4-3-10(2)18-15/h3-8H,1-2H3,(H2,16,19). The number of aryl methyl sites for hydroxylation is 2. The lowest BCUT2D eigenvalue weighted by molar-refractivity contribution is 1.23. The van der Waals surface area contributed by atoms with Crippen LogP contribution in [0.4, 0.5) is 5.69 Å². The van der Waals surface area contributed by atoms with Gasteiger partial charge in [-0.2, -0.15) is 0 Å². The Morgan fingerprint density at radius 2 is 1.89 bits per heavy atom. The van der Waals surface area contributed by atoms with Gasteiger partial charge in [0.25, 0.3) is 0 Å². The summed E-state index contributed by atoms with van der Waals surface area (Å²) < 4.78 is 0. The zero-order valence-corrected chi connectivity index (χ0v) is 10.9. The van der Waals surface area contributed by atoms with Crippen molar-refractivity contribution in [2.75, 3.05) is 5.73 Å². The van der Waals surface area contributed by atoms with Gasteiger partial charge >= 0.3 is 0 Å². The van der Waals surface area contributed by atoms with Crippen LogP contribution in [0.1, 0.15) is 11.3 Å². The maximum Gasteiger partial charge on any atom is 0.112 e. The van der Waals surface area contributed by atoms with Crippen molar-refractivity contribution in [1.29, 1.82) is 0 Å². The van der Waals surface area contributed by atoms with E-state index in [0.29, 0.717) is 5.69 Å². The molecular formula is C15H14N4. The lowest BCUT2D eigenvalue weighted by Crippen LogP contribution is -1.97. The van der Waals surface area contributed by atoms with Crippen molar-refractivity contribution in [3.05, 3.63) is 47.9 Å². The van der Waals surface area contributed by atoms with Gasteiger partial charge in [0.2, 0.25) is 0 Å². The quantitative estimate of drug-likeness (QED) is 0.721. The summed E-state index contributed by atoms with van der Waals surface area (Å²) in [7, 11) is 0. The first-order valence-electron chi connectivity index (χ1n) is 6.10. The Labute approximate surface area is 111 Å². The highest BCUT2D eigenvalue weighted by molar-refractivity contribution is 5.89. The van der Waals surface area contributed by atoms with Crippen LogP contribution >= 0.6 is 0 Å². The van der Waals surface area contributed by atoms with E-state index in [4.69, 9.17) is 5.73 Å². The zero-order valence-electron chi connectivity index (χ0n) is 10.9. The van der Waals surface area contributed by atoms with Crippen LogP contribution < -0.4 is 5.73 Å². The molecule has 4 heteroatoms. The van der Waals surface area contributed by atoms with Crippen LogP contribution in [0.5, 0.6) is 0 Å². The van der Waals surface area contributed by atoms with E-state index >= 15 is 0 Å². The van der Waals surface area contributed by atoms with Crippen molar-refractivity contribution in [2.45, 2.75) is 13.8 Å². The number of fused-ring (bicyclic) bond motifs is 1. The van der Waals surface area contributed by atoms with Crippen LogP contribution in [0.3, 0.4) is 0 Å². The molecule has 0 saturated heterocycles. The first-order chi connectivity index (χ1) is 9.15. The first kappa shape index (κ1) is 11.6. The minimum Gasteiger partial charge on any atom is -0.397 e. The number of pyridine rings is 3. The Balaban J connectivity index is 2.27. The van der Waals surface area contributed by atoms with Crippen LogP contribution in [-0.4, -0.2) is 15.0 Å². The molecule has 3 aromatic heterocycles. The summed E-state index contributed by atoms with van der Waals surface area (Å²) in [6, 6.07) is 7.71. The van der Waals surface area contributed by atoms with Gasteiger partial charge < -0.3 is 5.73 Å². The first-order valence-corrected chi connectivity index (χ1v) is 6.10. The van der Waals surface area contributed by atoms with Crippen molar-refractivity contribution >= 4 is 16.7 Å². The van der Waals surface area contributed by atoms with E-state index in [1.165, 1.54) is 0 Å². The lowest BCUT2D eigenvalue weighted by atomic mass is 10.1. The second-order valence-corrected chi connectivity index (χ2v) is 4.61. The van der Waals surface area contributed by atoms with Gasteiger partial charge in [-0.1, -0.05) is 0 Å². The summed E-state index contributed by atoms with van der Waals surface area (Å²) in [5.41, 5.74) is 12.2. The predicted octanol–water partition coefficient (Wildman–Crippen LogP) is 2.89. The van der Waals surface area contributed by atoms with Crippen molar-refractivity contribution in [2.24, 2.45) is 0 Å². The smallest absolute Gasteiger partial charge is 0.112 e. The molecule has 3 aromatic rings. The summed E-state index contributed by atoms with van der Waals surface area (Å²) in [5.74, 6) is 0. The van der Waals surface area contributed by atoms with E-state index in [9.17, 15) is 0 Å². The highest BCUT2D eigenvalue weighted by Gasteiger charge is 2.08. The topological polar surface area (TPSA) is 64.7 Å². The van der Waals surface area contributed by atoms with E-state index in [-0.39, 0.29) is 0 Å². The number of aromatic nitrogens is 3. The molecule has 4 nitrogen and oxygen atoms in total. The third-order valence-corrected chi connectivity index (χ3v) is 3.13. The van der Waals surface area contributed by atoms with E-state index in [0.717, 1.165) is 33.5 Å². The van der Waals surface area contributed by atoms with Gasteiger partial charge in [0, 0.05) is 23.7 Å². The van der Waals surface area contributed by atoms with E-state index in [1.54, 1.807) is 6.20 Å². The molecule has 0 spiro atoms. The third-order valence-electron chi connectivity index (χ3n) is 3.13. The maximum atomic E-state index is 6.09. The summed E-state index contributed by atoms with van der Waals surface area (Å²) in [4.78, 5) is 13.2. The molecule has 94 valence electrons. The molecule has 19 heavy (non-hydrogen) atoms. The maximum absolute atomic E-state index is 6.09. The van der Waals surface area contributed by atoms with E-state index in [1.807, 2.05) is 44.3 Å². The highest BCUT2D eigenvalue weighted by Crippen LogP contribution is 2.26. The second kappa shape index (κ2) is 4.31. The van der Waals surface area contributed by atoms with Crippen molar-refractivity contribution in [3.63, 3.8) is 0 Å². The molecular weight excluding hydrogens is 236 g/mol. The molecule has 0 aliphatic heterocycles. The molecule has 0 fully saturated rings. The molecule has 0 atom stereocenters. The Hall–Kier alpha value is -2.49. The van der Waals surface area contributed by atoms with Gasteiger partial charge in [0.15, 0.2) is 0 Å². The number of nitrogens with two attached hydrogens (primary N) is 1. The van der Waals surface area contributed by atoms with E-state index in [2.05, 4.69) is 15.0 Å². The fourth-order valence-corrected chi connectivity index (χ4v) is 2.10. The summed E-state index contributed by atoms with van der Waals surface area (Å²) in [5, 5.41) is 0. The fraction of sp³-hybridized carbons (Fsp3) is 0.133. The number of hydrogen-bond acceptors (Lipinski definition) is 4. The Kier molecular flexibility index (Phi) is 2.63. The summed E-state index contributed by atoms with van der Waals surface area (Å²) >= 11 is 0. The number of rotatable bonds is 1. The van der Waals surface area contributed by atoms with E-state index < -0.39 is 0 Å². The normalized spacial score (nSPS) is 10.8. The average Bonchev–Trinajstić information content (AvgIpc) is 2.40. The minimum absolute atomic E-state index is 0.645. The van der Waals surface area contributed by atoms with Gasteiger partial charge in [-0.25, -0.2) is 9.97 Å².